The molecule has 0 bridgehead atoms. The third-order valence-electron chi connectivity index (χ3n) is 10.4. The average Bonchev–Trinajstić information content (AvgIpc) is 3.72. The Hall–Kier alpha value is -4.98. The number of nitrogens with one attached hydrogen (secondary N) is 2. The Morgan fingerprint density at radius 2 is 1.64 bits per heavy atom. The maximum Gasteiger partial charge on any atom is 0.306 e. The predicted octanol–water partition coefficient (Wildman–Crippen LogP) is 4.57. The van der Waals surface area contributed by atoms with Crippen molar-refractivity contribution in [2.75, 3.05) is 69.1 Å². The molecule has 2 unspecified atom stereocenters. The molecule has 12 nitrogen and oxygen atoms in total. The fourth-order valence-electron chi connectivity index (χ4n) is 7.58. The first kappa shape index (κ1) is 31.0. The minimum atomic E-state index is -1.93. The molecule has 13 heteroatoms. The number of piperazine rings is 1. The smallest absolute Gasteiger partial charge is 0.306 e. The third kappa shape index (κ3) is 5.36. The zero-order valence-corrected chi connectivity index (χ0v) is 29.0. The monoisotopic (exact) mass is 688 g/mol. The van der Waals surface area contributed by atoms with E-state index in [4.69, 9.17) is 14.8 Å². The fourth-order valence-corrected chi connectivity index (χ4v) is 8.68. The first-order valence-corrected chi connectivity index (χ1v) is 18.4. The molecule has 50 heavy (non-hydrogen) atoms. The highest BCUT2D eigenvalue weighted by Gasteiger charge is 2.43. The first-order chi connectivity index (χ1) is 24.5. The largest absolute Gasteiger partial charge is 0.495 e. The summed E-state index contributed by atoms with van der Waals surface area (Å²) in [5.41, 5.74) is 8.73. The van der Waals surface area contributed by atoms with Crippen molar-refractivity contribution in [3.05, 3.63) is 90.8 Å². The van der Waals surface area contributed by atoms with Crippen molar-refractivity contribution < 1.29 is 8.95 Å². The van der Waals surface area contributed by atoms with Crippen molar-refractivity contribution in [3.63, 3.8) is 0 Å². The summed E-state index contributed by atoms with van der Waals surface area (Å²) in [6.45, 7) is 6.56. The van der Waals surface area contributed by atoms with Gasteiger partial charge in [0.1, 0.15) is 5.75 Å². The summed E-state index contributed by atoms with van der Waals surface area (Å²) < 4.78 is 24.5. The highest BCUT2D eigenvalue weighted by atomic mass is 32.2. The lowest BCUT2D eigenvalue weighted by molar-refractivity contribution is 0.0982. The number of nitrogens with zero attached hydrogens (tertiary/aromatic N) is 8. The summed E-state index contributed by atoms with van der Waals surface area (Å²) in [5.74, 6) is 0.632. The molecule has 2 fully saturated rings. The molecule has 2 saturated heterocycles. The lowest BCUT2D eigenvalue weighted by Gasteiger charge is -2.42. The predicted molar refractivity (Wildman–Crippen MR) is 199 cm³/mol. The van der Waals surface area contributed by atoms with Gasteiger partial charge in [-0.3, -0.25) is 15.0 Å². The molecule has 2 N–H and O–H groups in total. The zero-order chi connectivity index (χ0) is 33.8. The van der Waals surface area contributed by atoms with Gasteiger partial charge in [-0.05, 0) is 56.3 Å². The molecule has 6 heterocycles. The normalized spacial score (nSPS) is 21.0. The van der Waals surface area contributed by atoms with E-state index < -0.39 is 15.9 Å². The van der Waals surface area contributed by atoms with Crippen molar-refractivity contribution in [3.8, 4) is 5.75 Å². The van der Waals surface area contributed by atoms with Crippen molar-refractivity contribution in [1.82, 2.24) is 29.1 Å². The number of hydrogen-bond donors (Lipinski definition) is 2. The van der Waals surface area contributed by atoms with Crippen LogP contribution in [0, 0.1) is 0 Å². The van der Waals surface area contributed by atoms with Crippen LogP contribution in [-0.2, 0) is 10.8 Å². The number of para-hydroxylation sites is 2. The Labute approximate surface area is 292 Å². The van der Waals surface area contributed by atoms with Gasteiger partial charge < -0.3 is 19.9 Å². The number of anilines is 2. The van der Waals surface area contributed by atoms with E-state index in [9.17, 15) is 4.21 Å². The van der Waals surface area contributed by atoms with Crippen molar-refractivity contribution in [1.29, 1.82) is 0 Å². The highest BCUT2D eigenvalue weighted by Crippen LogP contribution is 2.36. The third-order valence-corrected chi connectivity index (χ3v) is 11.7. The van der Waals surface area contributed by atoms with E-state index in [1.54, 1.807) is 24.0 Å². The van der Waals surface area contributed by atoms with E-state index in [1.165, 1.54) is 0 Å². The fraction of sp³-hybridized carbons (Fsp3) is 0.324. The Kier molecular flexibility index (Phi) is 7.70. The second-order valence-electron chi connectivity index (χ2n) is 13.4. The molecule has 6 aromatic rings. The number of piperidine rings is 1. The summed E-state index contributed by atoms with van der Waals surface area (Å²) in [6.07, 6.45) is 5.73. The van der Waals surface area contributed by atoms with Crippen LogP contribution in [0.15, 0.2) is 95.2 Å². The number of ether oxygens (including phenoxy) is 1. The van der Waals surface area contributed by atoms with E-state index in [2.05, 4.69) is 55.7 Å². The second kappa shape index (κ2) is 12.4. The van der Waals surface area contributed by atoms with E-state index >= 15 is 0 Å². The quantitative estimate of drug-likeness (QED) is 0.250. The molecule has 0 spiro atoms. The maximum absolute atomic E-state index is 14.9. The lowest BCUT2D eigenvalue weighted by Crippen LogP contribution is -2.54. The second-order valence-corrected chi connectivity index (χ2v) is 14.9. The number of hydrogen-bond acceptors (Lipinski definition) is 10. The number of aliphatic imine (C=N–C) groups is 1. The van der Waals surface area contributed by atoms with Gasteiger partial charge in [0.05, 0.1) is 47.5 Å². The Morgan fingerprint density at radius 3 is 2.42 bits per heavy atom. The van der Waals surface area contributed by atoms with Crippen LogP contribution in [-0.4, -0.2) is 104 Å². The van der Waals surface area contributed by atoms with Gasteiger partial charge in [-0.15, -0.1) is 5.10 Å². The highest BCUT2D eigenvalue weighted by molar-refractivity contribution is 7.86. The van der Waals surface area contributed by atoms with Crippen LogP contribution in [0.5, 0.6) is 5.75 Å². The standard InChI is InChI=1S/C37H40N10O2S/c1-43-17-19-45(20-18-43)28-13-15-44(16-14-28)29-11-12-32(35(23-29)49-2)40-37(39-25-31-22-27-8-4-6-10-34(27)47(31)42-37)50(48)36-38-24-30-21-26-7-3-5-9-33(26)46(30)41-36/h3-12,21-25,28,40,42H,13-20H2,1-2H3. The van der Waals surface area contributed by atoms with Crippen LogP contribution in [0.4, 0.5) is 11.4 Å². The number of likely N-dealkylation sites (N-methyl/N-ethyl adjacent to an activating group) is 1. The van der Waals surface area contributed by atoms with Gasteiger partial charge in [-0.2, -0.15) is 0 Å². The Morgan fingerprint density at radius 1 is 0.900 bits per heavy atom. The van der Waals surface area contributed by atoms with Crippen molar-refractivity contribution in [2.24, 2.45) is 4.99 Å². The molecule has 0 aliphatic carbocycles. The van der Waals surface area contributed by atoms with Crippen LogP contribution in [0.2, 0.25) is 0 Å². The van der Waals surface area contributed by atoms with E-state index in [-0.39, 0.29) is 5.16 Å². The molecule has 0 amide bonds. The number of benzene rings is 3. The van der Waals surface area contributed by atoms with Crippen LogP contribution in [0.3, 0.4) is 0 Å². The number of fused-ring (bicyclic) bond motifs is 6. The lowest BCUT2D eigenvalue weighted by atomic mass is 10.0. The molecule has 3 aliphatic rings. The molecule has 3 aromatic carbocycles. The van der Waals surface area contributed by atoms with Crippen LogP contribution in [0.25, 0.3) is 27.3 Å². The Bertz CT molecular complexity index is 2270. The molecule has 0 radical (unpaired) electrons. The first-order valence-electron chi connectivity index (χ1n) is 17.2. The molecule has 0 saturated carbocycles. The van der Waals surface area contributed by atoms with Gasteiger partial charge in [0.15, 0.2) is 10.8 Å². The van der Waals surface area contributed by atoms with Gasteiger partial charge in [-0.1, -0.05) is 36.4 Å². The summed E-state index contributed by atoms with van der Waals surface area (Å²) in [7, 11) is 1.94. The molecule has 2 atom stereocenters. The average molecular weight is 689 g/mol. The number of aromatic nitrogens is 4. The minimum absolute atomic E-state index is 0.134. The van der Waals surface area contributed by atoms with Crippen LogP contribution < -0.4 is 20.4 Å². The van der Waals surface area contributed by atoms with Gasteiger partial charge in [0.25, 0.3) is 0 Å². The molecule has 256 valence electrons. The summed E-state index contributed by atoms with van der Waals surface area (Å²) in [6, 6.07) is 26.9. The van der Waals surface area contributed by atoms with Crippen LogP contribution in [0.1, 0.15) is 18.5 Å². The van der Waals surface area contributed by atoms with Crippen LogP contribution >= 0.6 is 0 Å². The molecule has 3 aliphatic heterocycles. The van der Waals surface area contributed by atoms with Gasteiger partial charge in [-0.25, -0.2) is 18.7 Å². The van der Waals surface area contributed by atoms with Gasteiger partial charge in [0, 0.05) is 67.8 Å². The number of methoxy groups -OCH3 is 1. The summed E-state index contributed by atoms with van der Waals surface area (Å²) >= 11 is 0. The molecule has 3 aromatic heterocycles. The Balaban J connectivity index is 1.04. The zero-order valence-electron chi connectivity index (χ0n) is 28.2. The van der Waals surface area contributed by atoms with Crippen molar-refractivity contribution >= 4 is 55.7 Å². The topological polar surface area (TPSA) is 108 Å². The summed E-state index contributed by atoms with van der Waals surface area (Å²) in [4.78, 5) is 17.0. The van der Waals surface area contributed by atoms with Gasteiger partial charge in [0.2, 0.25) is 5.16 Å². The SMILES string of the molecule is COc1cc(N2CCC(N3CCN(C)CC3)CC2)ccc1NC1(S(=O)c2ncc3cc4ccccc4n3n2)N=Cc2cc3ccccc3n2N1. The van der Waals surface area contributed by atoms with Crippen molar-refractivity contribution in [2.45, 2.75) is 29.2 Å². The van der Waals surface area contributed by atoms with E-state index in [1.807, 2.05) is 65.3 Å². The maximum atomic E-state index is 14.9. The minimum Gasteiger partial charge on any atom is -0.495 e. The van der Waals surface area contributed by atoms with E-state index in [0.29, 0.717) is 17.5 Å². The molecular weight excluding hydrogens is 649 g/mol. The molecule has 9 rings (SSSR count). The molecular formula is C37H40N10O2S. The number of rotatable bonds is 7. The van der Waals surface area contributed by atoms with E-state index in [0.717, 1.165) is 90.8 Å². The van der Waals surface area contributed by atoms with Gasteiger partial charge >= 0.3 is 5.12 Å². The summed E-state index contributed by atoms with van der Waals surface area (Å²) in [5, 5.41) is 8.92.